The molecule has 1 N–H and O–H groups in total. The lowest BCUT2D eigenvalue weighted by atomic mass is 10.3. The summed E-state index contributed by atoms with van der Waals surface area (Å²) < 4.78 is 1.09. The molecule has 72 valence electrons. The molecule has 1 aromatic rings. The summed E-state index contributed by atoms with van der Waals surface area (Å²) >= 11 is 5.07. The van der Waals surface area contributed by atoms with Gasteiger partial charge in [0.1, 0.15) is 0 Å². The smallest absolute Gasteiger partial charge is 0.0631 e. The molecular formula is C10H13BrOS. The summed E-state index contributed by atoms with van der Waals surface area (Å²) in [5.74, 6) is 0.776. The number of thioether (sulfide) groups is 1. The maximum absolute atomic E-state index is 9.34. The zero-order chi connectivity index (χ0) is 9.68. The van der Waals surface area contributed by atoms with Gasteiger partial charge in [-0.15, -0.1) is 11.8 Å². The van der Waals surface area contributed by atoms with Gasteiger partial charge in [-0.1, -0.05) is 22.9 Å². The fraction of sp³-hybridized carbons (Fsp3) is 0.400. The normalized spacial score (nSPS) is 12.8. The lowest BCUT2D eigenvalue weighted by molar-refractivity contribution is 0.195. The Morgan fingerprint density at radius 2 is 2.00 bits per heavy atom. The Hall–Kier alpha value is 0.01000. The fourth-order valence-corrected chi connectivity index (χ4v) is 2.05. The van der Waals surface area contributed by atoms with Crippen LogP contribution in [0.15, 0.2) is 33.6 Å². The molecule has 1 nitrogen and oxygen atoms in total. The Labute approximate surface area is 91.7 Å². The van der Waals surface area contributed by atoms with Crippen molar-refractivity contribution in [2.75, 3.05) is 5.75 Å². The molecule has 0 bridgehead atoms. The van der Waals surface area contributed by atoms with Crippen molar-refractivity contribution in [2.24, 2.45) is 0 Å². The first-order valence-corrected chi connectivity index (χ1v) is 6.06. The van der Waals surface area contributed by atoms with Gasteiger partial charge in [0.2, 0.25) is 0 Å². The molecule has 0 saturated carbocycles. The molecule has 3 heteroatoms. The molecule has 1 atom stereocenters. The zero-order valence-electron chi connectivity index (χ0n) is 7.53. The molecule has 0 aliphatic rings. The zero-order valence-corrected chi connectivity index (χ0v) is 9.94. The average molecular weight is 261 g/mol. The second-order valence-electron chi connectivity index (χ2n) is 2.83. The van der Waals surface area contributed by atoms with E-state index in [-0.39, 0.29) is 6.10 Å². The summed E-state index contributed by atoms with van der Waals surface area (Å²) in [4.78, 5) is 1.20. The van der Waals surface area contributed by atoms with Gasteiger partial charge in [0.25, 0.3) is 0 Å². The van der Waals surface area contributed by atoms with Crippen LogP contribution in [0.1, 0.15) is 13.3 Å². The van der Waals surface area contributed by atoms with Crippen LogP contribution in [0.3, 0.4) is 0 Å². The van der Waals surface area contributed by atoms with Crippen molar-refractivity contribution < 1.29 is 5.11 Å². The number of aliphatic hydroxyl groups is 1. The van der Waals surface area contributed by atoms with Gasteiger partial charge in [0, 0.05) is 15.1 Å². The predicted octanol–water partition coefficient (Wildman–Crippen LogP) is 3.31. The molecule has 0 aliphatic carbocycles. The van der Waals surface area contributed by atoms with Crippen LogP contribution in [-0.2, 0) is 0 Å². The van der Waals surface area contributed by atoms with Crippen LogP contribution in [0.5, 0.6) is 0 Å². The van der Waals surface area contributed by atoms with Gasteiger partial charge < -0.3 is 5.11 Å². The molecule has 0 aliphatic heterocycles. The summed E-state index contributed by atoms with van der Waals surface area (Å²) in [7, 11) is 0. The number of hydrogen-bond donors (Lipinski definition) is 1. The van der Waals surface area contributed by atoms with Crippen molar-refractivity contribution >= 4 is 27.7 Å². The van der Waals surface area contributed by atoms with E-state index in [2.05, 4.69) is 28.1 Å². The van der Waals surface area contributed by atoms with Gasteiger partial charge in [-0.2, -0.15) is 0 Å². The van der Waals surface area contributed by atoms with Gasteiger partial charge in [-0.25, -0.2) is 0 Å². The third-order valence-electron chi connectivity index (χ3n) is 1.73. The monoisotopic (exact) mass is 260 g/mol. The fourth-order valence-electron chi connectivity index (χ4n) is 0.841. The van der Waals surface area contributed by atoms with E-state index in [1.165, 1.54) is 4.90 Å². The Morgan fingerprint density at radius 3 is 2.54 bits per heavy atom. The molecule has 13 heavy (non-hydrogen) atoms. The Kier molecular flexibility index (Phi) is 4.84. The van der Waals surface area contributed by atoms with E-state index < -0.39 is 0 Å². The maximum atomic E-state index is 9.34. The standard InChI is InChI=1S/C10H13BrOS/c1-2-9(12)7-13-10-5-3-8(11)4-6-10/h3-6,9,12H,2,7H2,1H3. The van der Waals surface area contributed by atoms with Crippen molar-refractivity contribution in [3.05, 3.63) is 28.7 Å². The molecule has 0 aromatic heterocycles. The third-order valence-corrected chi connectivity index (χ3v) is 3.41. The largest absolute Gasteiger partial charge is 0.392 e. The topological polar surface area (TPSA) is 20.2 Å². The highest BCUT2D eigenvalue weighted by molar-refractivity contribution is 9.10. The summed E-state index contributed by atoms with van der Waals surface area (Å²) in [5, 5.41) is 9.34. The van der Waals surface area contributed by atoms with Crippen molar-refractivity contribution in [3.8, 4) is 0 Å². The van der Waals surface area contributed by atoms with Crippen LogP contribution in [0, 0.1) is 0 Å². The van der Waals surface area contributed by atoms with Gasteiger partial charge in [0.05, 0.1) is 6.10 Å². The van der Waals surface area contributed by atoms with Crippen LogP contribution in [0.2, 0.25) is 0 Å². The quantitative estimate of drug-likeness (QED) is 0.839. The minimum Gasteiger partial charge on any atom is -0.392 e. The van der Waals surface area contributed by atoms with Crippen LogP contribution >= 0.6 is 27.7 Å². The number of aliphatic hydroxyl groups excluding tert-OH is 1. The molecule has 1 unspecified atom stereocenters. The summed E-state index contributed by atoms with van der Waals surface area (Å²) in [6, 6.07) is 8.13. The highest BCUT2D eigenvalue weighted by Crippen LogP contribution is 2.21. The van der Waals surface area contributed by atoms with Crippen LogP contribution in [-0.4, -0.2) is 17.0 Å². The average Bonchev–Trinajstić information content (AvgIpc) is 2.16. The Morgan fingerprint density at radius 1 is 1.38 bits per heavy atom. The SMILES string of the molecule is CCC(O)CSc1ccc(Br)cc1. The van der Waals surface area contributed by atoms with Crippen LogP contribution < -0.4 is 0 Å². The lowest BCUT2D eigenvalue weighted by Crippen LogP contribution is -2.06. The Bertz CT molecular complexity index is 248. The van der Waals surface area contributed by atoms with E-state index in [1.807, 2.05) is 19.1 Å². The van der Waals surface area contributed by atoms with E-state index in [0.29, 0.717) is 0 Å². The lowest BCUT2D eigenvalue weighted by Gasteiger charge is -2.06. The molecule has 1 aromatic carbocycles. The van der Waals surface area contributed by atoms with Gasteiger partial charge >= 0.3 is 0 Å². The number of benzene rings is 1. The minimum atomic E-state index is -0.186. The Balaban J connectivity index is 2.41. The van der Waals surface area contributed by atoms with E-state index in [0.717, 1.165) is 16.6 Å². The van der Waals surface area contributed by atoms with Crippen LogP contribution in [0.4, 0.5) is 0 Å². The summed E-state index contributed by atoms with van der Waals surface area (Å²) in [6.07, 6.45) is 0.637. The third kappa shape index (κ3) is 4.16. The molecule has 0 radical (unpaired) electrons. The second-order valence-corrected chi connectivity index (χ2v) is 4.84. The second kappa shape index (κ2) is 5.68. The molecule has 0 fully saturated rings. The predicted molar refractivity (Wildman–Crippen MR) is 61.2 cm³/mol. The molecule has 0 saturated heterocycles. The minimum absolute atomic E-state index is 0.186. The van der Waals surface area contributed by atoms with Gasteiger partial charge in [-0.3, -0.25) is 0 Å². The van der Waals surface area contributed by atoms with E-state index in [4.69, 9.17) is 0 Å². The first-order valence-electron chi connectivity index (χ1n) is 4.28. The van der Waals surface area contributed by atoms with E-state index in [9.17, 15) is 5.11 Å². The van der Waals surface area contributed by atoms with Crippen molar-refractivity contribution in [1.82, 2.24) is 0 Å². The maximum Gasteiger partial charge on any atom is 0.0631 e. The highest BCUT2D eigenvalue weighted by Gasteiger charge is 2.01. The first-order chi connectivity index (χ1) is 6.22. The number of rotatable bonds is 4. The van der Waals surface area contributed by atoms with Gasteiger partial charge in [0.15, 0.2) is 0 Å². The number of halogens is 1. The molecule has 1 rings (SSSR count). The molecule has 0 heterocycles. The summed E-state index contributed by atoms with van der Waals surface area (Å²) in [6.45, 7) is 1.99. The summed E-state index contributed by atoms with van der Waals surface area (Å²) in [5.41, 5.74) is 0. The highest BCUT2D eigenvalue weighted by atomic mass is 79.9. The van der Waals surface area contributed by atoms with Crippen molar-refractivity contribution in [3.63, 3.8) is 0 Å². The van der Waals surface area contributed by atoms with Crippen molar-refractivity contribution in [1.29, 1.82) is 0 Å². The molecule has 0 spiro atoms. The van der Waals surface area contributed by atoms with Crippen LogP contribution in [0.25, 0.3) is 0 Å². The molecule has 0 amide bonds. The van der Waals surface area contributed by atoms with Crippen molar-refractivity contribution in [2.45, 2.75) is 24.3 Å². The van der Waals surface area contributed by atoms with E-state index in [1.54, 1.807) is 11.8 Å². The number of hydrogen-bond acceptors (Lipinski definition) is 2. The molecular weight excluding hydrogens is 248 g/mol. The first kappa shape index (κ1) is 11.1. The van der Waals surface area contributed by atoms with Gasteiger partial charge in [-0.05, 0) is 30.7 Å². The van der Waals surface area contributed by atoms with E-state index >= 15 is 0 Å².